The van der Waals surface area contributed by atoms with Gasteiger partial charge >= 0.3 is 0 Å². The van der Waals surface area contributed by atoms with Crippen LogP contribution >= 0.6 is 0 Å². The van der Waals surface area contributed by atoms with Crippen LogP contribution in [0.3, 0.4) is 0 Å². The lowest BCUT2D eigenvalue weighted by Crippen LogP contribution is -2.32. The highest BCUT2D eigenvalue weighted by Crippen LogP contribution is 2.53. The topological polar surface area (TPSA) is 11.4 Å². The van der Waals surface area contributed by atoms with Crippen LogP contribution in [0.4, 0.5) is 17.1 Å². The van der Waals surface area contributed by atoms with Crippen molar-refractivity contribution in [2.75, 3.05) is 4.90 Å². The molecule has 3 heteroatoms. The van der Waals surface area contributed by atoms with Gasteiger partial charge in [-0.1, -0.05) is 188 Å². The maximum atomic E-state index is 2.73. The highest BCUT2D eigenvalue weighted by molar-refractivity contribution is 6.20. The Kier molecular flexibility index (Phi) is 10.1. The van der Waals surface area contributed by atoms with Crippen molar-refractivity contribution in [2.45, 2.75) is 50.1 Å². The van der Waals surface area contributed by atoms with Crippen molar-refractivity contribution in [1.82, 2.24) is 9.47 Å². The number of fused-ring (bicyclic) bond motifs is 7. The van der Waals surface area contributed by atoms with Gasteiger partial charge in [-0.25, -0.2) is 0 Å². The molecule has 314 valence electrons. The van der Waals surface area contributed by atoms with Crippen LogP contribution in [0.5, 0.6) is 0 Å². The summed E-state index contributed by atoms with van der Waals surface area (Å²) in [6, 6.07) is 62.9. The van der Waals surface area contributed by atoms with Crippen molar-refractivity contribution in [3.8, 4) is 22.3 Å². The molecule has 4 aliphatic rings. The summed E-state index contributed by atoms with van der Waals surface area (Å²) in [5, 5.41) is 3.86. The van der Waals surface area contributed by atoms with Gasteiger partial charge < -0.3 is 14.4 Å². The maximum absolute atomic E-state index is 2.73. The zero-order chi connectivity index (χ0) is 43.1. The first-order valence-corrected chi connectivity index (χ1v) is 23.4. The molecule has 0 spiro atoms. The highest BCUT2D eigenvalue weighted by Gasteiger charge is 2.37. The number of hydrogen-bond donors (Lipinski definition) is 0. The van der Waals surface area contributed by atoms with Crippen molar-refractivity contribution >= 4 is 38.7 Å². The summed E-state index contributed by atoms with van der Waals surface area (Å²) >= 11 is 0. The number of benzene rings is 7. The first-order chi connectivity index (χ1) is 32.3. The van der Waals surface area contributed by atoms with Crippen LogP contribution in [0.1, 0.15) is 60.5 Å². The molecule has 0 saturated carbocycles. The molecule has 0 bridgehead atoms. The van der Waals surface area contributed by atoms with Crippen LogP contribution in [0.15, 0.2) is 242 Å². The molecule has 4 aliphatic carbocycles. The molecule has 0 N–H and O–H groups in total. The lowest BCUT2D eigenvalue weighted by molar-refractivity contribution is 0.304. The molecule has 0 saturated heterocycles. The molecule has 1 aromatic heterocycles. The summed E-state index contributed by atoms with van der Waals surface area (Å²) in [4.78, 5) is 5.18. The monoisotopic (exact) mass is 837 g/mol. The molecular weight excluding hydrogens is 787 g/mol. The van der Waals surface area contributed by atoms with E-state index in [1.807, 2.05) is 0 Å². The van der Waals surface area contributed by atoms with Crippen molar-refractivity contribution < 1.29 is 0 Å². The molecule has 1 heterocycles. The van der Waals surface area contributed by atoms with Crippen molar-refractivity contribution in [3.63, 3.8) is 0 Å². The Morgan fingerprint density at radius 2 is 1.29 bits per heavy atom. The number of aromatic nitrogens is 1. The molecule has 0 fully saturated rings. The van der Waals surface area contributed by atoms with Crippen LogP contribution in [0.25, 0.3) is 43.9 Å². The zero-order valence-electron chi connectivity index (χ0n) is 36.5. The van der Waals surface area contributed by atoms with E-state index in [-0.39, 0.29) is 12.1 Å². The van der Waals surface area contributed by atoms with Gasteiger partial charge in [-0.3, -0.25) is 0 Å². The lowest BCUT2D eigenvalue weighted by atomic mass is 9.82. The Hall–Kier alpha value is -7.62. The third kappa shape index (κ3) is 7.00. The largest absolute Gasteiger partial charge is 0.337 e. The zero-order valence-corrected chi connectivity index (χ0v) is 36.5. The minimum absolute atomic E-state index is 0.112. The lowest BCUT2D eigenvalue weighted by Gasteiger charge is -2.41. The normalized spacial score (nSPS) is 18.6. The number of allylic oxidation sites excluding steroid dienone is 11. The van der Waals surface area contributed by atoms with E-state index in [2.05, 4.69) is 245 Å². The Bertz CT molecular complexity index is 3240. The molecule has 12 rings (SSSR count). The van der Waals surface area contributed by atoms with E-state index in [1.54, 1.807) is 0 Å². The third-order valence-corrected chi connectivity index (χ3v) is 14.0. The molecule has 0 aliphatic heterocycles. The van der Waals surface area contributed by atoms with Crippen LogP contribution in [0, 0.1) is 0 Å². The molecule has 3 unspecified atom stereocenters. The molecule has 65 heavy (non-hydrogen) atoms. The Morgan fingerprint density at radius 3 is 2.03 bits per heavy atom. The van der Waals surface area contributed by atoms with Gasteiger partial charge in [0.05, 0.1) is 23.3 Å². The summed E-state index contributed by atoms with van der Waals surface area (Å²) < 4.78 is 2.73. The van der Waals surface area contributed by atoms with E-state index in [9.17, 15) is 0 Å². The van der Waals surface area contributed by atoms with Crippen LogP contribution < -0.4 is 4.90 Å². The van der Waals surface area contributed by atoms with Crippen molar-refractivity contribution in [1.29, 1.82) is 0 Å². The summed E-state index contributed by atoms with van der Waals surface area (Å²) in [6.45, 7) is 0. The second-order valence-corrected chi connectivity index (χ2v) is 17.8. The molecule has 3 nitrogen and oxygen atoms in total. The Balaban J connectivity index is 1.07. The predicted octanol–water partition coefficient (Wildman–Crippen LogP) is 16.4. The fraction of sp³-hybridized carbons (Fsp3) is 0.129. The fourth-order valence-corrected chi connectivity index (χ4v) is 11.1. The minimum Gasteiger partial charge on any atom is -0.337 e. The number of nitrogens with zero attached hydrogens (tertiary/aromatic N) is 3. The highest BCUT2D eigenvalue weighted by atomic mass is 15.2. The van der Waals surface area contributed by atoms with E-state index in [1.165, 1.54) is 77.8 Å². The van der Waals surface area contributed by atoms with E-state index in [4.69, 9.17) is 0 Å². The molecule has 0 radical (unpaired) electrons. The molecular formula is C62H51N3. The third-order valence-electron chi connectivity index (χ3n) is 14.0. The van der Waals surface area contributed by atoms with E-state index in [0.29, 0.717) is 5.92 Å². The minimum atomic E-state index is 0.112. The number of para-hydroxylation sites is 1. The molecule has 7 aromatic carbocycles. The SMILES string of the molecule is C1=CCCC(N(C2=CCC(c3ccccc3)C=C2)C2Cc3c(c4c5ccccc5c(N(c5ccccc5)c5ccc(-c6ccccc6)cc5)cc4n3C3C=CC=CC3)-c3ccccc32)=C1. The first kappa shape index (κ1) is 39.0. The molecule has 3 atom stereocenters. The van der Waals surface area contributed by atoms with Gasteiger partial charge in [-0.2, -0.15) is 0 Å². The average Bonchev–Trinajstić information content (AvgIpc) is 3.73. The first-order valence-electron chi connectivity index (χ1n) is 23.4. The van der Waals surface area contributed by atoms with Gasteiger partial charge in [-0.15, -0.1) is 0 Å². The number of hydrogen-bond acceptors (Lipinski definition) is 2. The van der Waals surface area contributed by atoms with Gasteiger partial charge in [0.1, 0.15) is 0 Å². The van der Waals surface area contributed by atoms with Gasteiger partial charge in [-0.05, 0) is 101 Å². The van der Waals surface area contributed by atoms with Crippen LogP contribution in [0.2, 0.25) is 0 Å². The smallest absolute Gasteiger partial charge is 0.0649 e. The Labute approximate surface area is 382 Å². The Morgan fingerprint density at radius 1 is 0.585 bits per heavy atom. The van der Waals surface area contributed by atoms with E-state index in [0.717, 1.165) is 43.5 Å². The van der Waals surface area contributed by atoms with Gasteiger partial charge in [0.2, 0.25) is 0 Å². The van der Waals surface area contributed by atoms with Crippen molar-refractivity contribution in [3.05, 3.63) is 259 Å². The van der Waals surface area contributed by atoms with Crippen molar-refractivity contribution in [2.24, 2.45) is 0 Å². The second-order valence-electron chi connectivity index (χ2n) is 17.8. The van der Waals surface area contributed by atoms with Gasteiger partial charge in [0, 0.05) is 57.1 Å². The fourth-order valence-electron chi connectivity index (χ4n) is 11.1. The quantitative estimate of drug-likeness (QED) is 0.143. The summed E-state index contributed by atoms with van der Waals surface area (Å²) in [6.07, 6.45) is 28.4. The molecule has 8 aromatic rings. The van der Waals surface area contributed by atoms with Crippen LogP contribution in [-0.2, 0) is 6.42 Å². The summed E-state index contributed by atoms with van der Waals surface area (Å²) in [5.41, 5.74) is 16.7. The summed E-state index contributed by atoms with van der Waals surface area (Å²) in [7, 11) is 0. The number of rotatable bonds is 9. The van der Waals surface area contributed by atoms with E-state index < -0.39 is 0 Å². The van der Waals surface area contributed by atoms with E-state index >= 15 is 0 Å². The summed E-state index contributed by atoms with van der Waals surface area (Å²) in [5.74, 6) is 0.376. The standard InChI is InChI=1S/C62H51N3/c1-6-20-44(21-7-1)46-34-38-51(39-35-46)63(48-24-10-3-11-25-48)57-42-59-61(55-32-18-16-30-53(55)57)62-56-33-19-17-31-54(56)58(43-60(62)65(59)50-28-14-5-15-29-50)64(49-26-12-4-13-27-49)52-40-36-47(37-41-52)45-22-8-2-9-23-45/h1-12,14-26,28,30-36,38-42,47,50,58H,13,27,29,37,43H2. The maximum Gasteiger partial charge on any atom is 0.0649 e. The van der Waals surface area contributed by atoms with Gasteiger partial charge in [0.25, 0.3) is 0 Å². The second kappa shape index (κ2) is 16.8. The number of anilines is 3. The molecule has 0 amide bonds. The average molecular weight is 838 g/mol. The van der Waals surface area contributed by atoms with Crippen LogP contribution in [-0.4, -0.2) is 9.47 Å². The van der Waals surface area contributed by atoms with Gasteiger partial charge in [0.15, 0.2) is 0 Å². The predicted molar refractivity (Wildman–Crippen MR) is 273 cm³/mol.